The van der Waals surface area contributed by atoms with E-state index in [1.54, 1.807) is 19.0 Å². The van der Waals surface area contributed by atoms with Crippen molar-refractivity contribution >= 4 is 11.6 Å². The van der Waals surface area contributed by atoms with Gasteiger partial charge in [0.05, 0.1) is 6.54 Å². The van der Waals surface area contributed by atoms with Crippen LogP contribution in [-0.2, 0) is 11.3 Å². The Hall–Kier alpha value is -1.55. The molecule has 18 heavy (non-hydrogen) atoms. The largest absolute Gasteiger partial charge is 0.399 e. The van der Waals surface area contributed by atoms with E-state index >= 15 is 0 Å². The second-order valence-electron chi connectivity index (χ2n) is 5.17. The van der Waals surface area contributed by atoms with E-state index in [0.717, 1.165) is 12.2 Å². The van der Waals surface area contributed by atoms with Gasteiger partial charge in [-0.2, -0.15) is 0 Å². The summed E-state index contributed by atoms with van der Waals surface area (Å²) in [5.41, 5.74) is 7.74. The maximum atomic E-state index is 11.8. The van der Waals surface area contributed by atoms with Gasteiger partial charge in [-0.05, 0) is 30.5 Å². The highest BCUT2D eigenvalue weighted by atomic mass is 16.2. The van der Waals surface area contributed by atoms with E-state index in [9.17, 15) is 4.79 Å². The number of carbonyl (C=O) groups excluding carboxylic acids is 1. The first kappa shape index (κ1) is 12.9. The van der Waals surface area contributed by atoms with Gasteiger partial charge in [0.15, 0.2) is 0 Å². The molecule has 4 nitrogen and oxygen atoms in total. The first-order chi connectivity index (χ1) is 8.56. The maximum absolute atomic E-state index is 11.8. The van der Waals surface area contributed by atoms with Crippen LogP contribution in [0.15, 0.2) is 24.3 Å². The number of rotatable bonds is 5. The van der Waals surface area contributed by atoms with Gasteiger partial charge in [-0.3, -0.25) is 9.69 Å². The second-order valence-corrected chi connectivity index (χ2v) is 5.17. The Morgan fingerprint density at radius 2 is 2.11 bits per heavy atom. The van der Waals surface area contributed by atoms with Crippen LogP contribution in [0.3, 0.4) is 0 Å². The van der Waals surface area contributed by atoms with Crippen molar-refractivity contribution < 1.29 is 4.79 Å². The van der Waals surface area contributed by atoms with Crippen molar-refractivity contribution in [2.75, 3.05) is 26.4 Å². The number of nitrogens with zero attached hydrogens (tertiary/aromatic N) is 2. The molecule has 1 saturated carbocycles. The van der Waals surface area contributed by atoms with Gasteiger partial charge in [-0.15, -0.1) is 0 Å². The molecule has 0 heterocycles. The fourth-order valence-electron chi connectivity index (χ4n) is 1.99. The third-order valence-corrected chi connectivity index (χ3v) is 3.24. The Morgan fingerprint density at radius 3 is 2.67 bits per heavy atom. The first-order valence-electron chi connectivity index (χ1n) is 6.35. The number of amides is 1. The maximum Gasteiger partial charge on any atom is 0.236 e. The fourth-order valence-corrected chi connectivity index (χ4v) is 1.99. The standard InChI is InChI=1S/C14H21N3O/c1-16(2)14(18)10-17(13-6-7-13)9-11-4-3-5-12(15)8-11/h3-5,8,13H,6-7,9-10,15H2,1-2H3. The summed E-state index contributed by atoms with van der Waals surface area (Å²) in [5.74, 6) is 0.158. The Labute approximate surface area is 108 Å². The topological polar surface area (TPSA) is 49.6 Å². The molecule has 0 radical (unpaired) electrons. The van der Waals surface area contributed by atoms with Crippen LogP contribution in [0.5, 0.6) is 0 Å². The summed E-state index contributed by atoms with van der Waals surface area (Å²) in [4.78, 5) is 15.7. The van der Waals surface area contributed by atoms with Crippen LogP contribution in [-0.4, -0.2) is 42.4 Å². The van der Waals surface area contributed by atoms with Crippen molar-refractivity contribution in [3.8, 4) is 0 Å². The van der Waals surface area contributed by atoms with Gasteiger partial charge in [-0.25, -0.2) is 0 Å². The highest BCUT2D eigenvalue weighted by Crippen LogP contribution is 2.28. The average molecular weight is 247 g/mol. The minimum atomic E-state index is 0.158. The van der Waals surface area contributed by atoms with Gasteiger partial charge < -0.3 is 10.6 Å². The molecule has 1 aliphatic carbocycles. The molecule has 0 bridgehead atoms. The van der Waals surface area contributed by atoms with Crippen LogP contribution in [0.25, 0.3) is 0 Å². The molecule has 98 valence electrons. The zero-order valence-corrected chi connectivity index (χ0v) is 11.1. The van der Waals surface area contributed by atoms with Crippen LogP contribution in [0.2, 0.25) is 0 Å². The smallest absolute Gasteiger partial charge is 0.236 e. The monoisotopic (exact) mass is 247 g/mol. The Bertz CT molecular complexity index is 427. The van der Waals surface area contributed by atoms with E-state index in [2.05, 4.69) is 11.0 Å². The normalized spacial score (nSPS) is 14.8. The van der Waals surface area contributed by atoms with Gasteiger partial charge in [-0.1, -0.05) is 12.1 Å². The van der Waals surface area contributed by atoms with Crippen molar-refractivity contribution in [2.24, 2.45) is 0 Å². The number of carbonyl (C=O) groups is 1. The predicted molar refractivity (Wildman–Crippen MR) is 73.0 cm³/mol. The van der Waals surface area contributed by atoms with E-state index in [0.29, 0.717) is 12.6 Å². The molecule has 0 aliphatic heterocycles. The zero-order chi connectivity index (χ0) is 13.1. The number of benzene rings is 1. The van der Waals surface area contributed by atoms with Crippen molar-refractivity contribution in [1.29, 1.82) is 0 Å². The molecule has 4 heteroatoms. The Balaban J connectivity index is 2.00. The van der Waals surface area contributed by atoms with E-state index in [4.69, 9.17) is 5.73 Å². The molecular formula is C14H21N3O. The van der Waals surface area contributed by atoms with E-state index in [1.165, 1.54) is 18.4 Å². The number of nitrogen functional groups attached to an aromatic ring is 1. The third kappa shape index (κ3) is 3.47. The quantitative estimate of drug-likeness (QED) is 0.798. The van der Waals surface area contributed by atoms with Gasteiger partial charge in [0.25, 0.3) is 0 Å². The van der Waals surface area contributed by atoms with Crippen molar-refractivity contribution in [2.45, 2.75) is 25.4 Å². The van der Waals surface area contributed by atoms with Crippen molar-refractivity contribution in [3.63, 3.8) is 0 Å². The van der Waals surface area contributed by atoms with E-state index in [-0.39, 0.29) is 5.91 Å². The lowest BCUT2D eigenvalue weighted by Crippen LogP contribution is -2.37. The van der Waals surface area contributed by atoms with Crippen LogP contribution in [0.4, 0.5) is 5.69 Å². The molecule has 0 aromatic heterocycles. The lowest BCUT2D eigenvalue weighted by molar-refractivity contribution is -0.130. The number of nitrogens with two attached hydrogens (primary N) is 1. The van der Waals surface area contributed by atoms with Crippen molar-refractivity contribution in [3.05, 3.63) is 29.8 Å². The summed E-state index contributed by atoms with van der Waals surface area (Å²) < 4.78 is 0. The predicted octanol–water partition coefficient (Wildman–Crippen LogP) is 1.32. The minimum Gasteiger partial charge on any atom is -0.399 e. The molecule has 2 N–H and O–H groups in total. The first-order valence-corrected chi connectivity index (χ1v) is 6.35. The summed E-state index contributed by atoms with van der Waals surface area (Å²) in [5, 5.41) is 0. The number of hydrogen-bond donors (Lipinski definition) is 1. The number of hydrogen-bond acceptors (Lipinski definition) is 3. The average Bonchev–Trinajstić information content (AvgIpc) is 3.11. The van der Waals surface area contributed by atoms with Gasteiger partial charge in [0.2, 0.25) is 5.91 Å². The van der Waals surface area contributed by atoms with E-state index in [1.807, 2.05) is 18.2 Å². The molecule has 1 aliphatic rings. The number of likely N-dealkylation sites (N-methyl/N-ethyl adjacent to an activating group) is 1. The van der Waals surface area contributed by atoms with E-state index < -0.39 is 0 Å². The molecule has 1 fully saturated rings. The molecule has 2 rings (SSSR count). The summed E-state index contributed by atoms with van der Waals surface area (Å²) in [6.45, 7) is 1.29. The molecule has 0 spiro atoms. The lowest BCUT2D eigenvalue weighted by Gasteiger charge is -2.23. The number of anilines is 1. The van der Waals surface area contributed by atoms with Crippen LogP contribution in [0.1, 0.15) is 18.4 Å². The van der Waals surface area contributed by atoms with Gasteiger partial charge in [0.1, 0.15) is 0 Å². The zero-order valence-electron chi connectivity index (χ0n) is 11.1. The summed E-state index contributed by atoms with van der Waals surface area (Å²) in [6, 6.07) is 8.45. The molecule has 1 amide bonds. The SMILES string of the molecule is CN(C)C(=O)CN(Cc1cccc(N)c1)C1CC1. The molecule has 1 aromatic carbocycles. The molecule has 1 aromatic rings. The highest BCUT2D eigenvalue weighted by molar-refractivity contribution is 5.77. The summed E-state index contributed by atoms with van der Waals surface area (Å²) >= 11 is 0. The van der Waals surface area contributed by atoms with Gasteiger partial charge >= 0.3 is 0 Å². The fraction of sp³-hybridized carbons (Fsp3) is 0.500. The van der Waals surface area contributed by atoms with Crippen molar-refractivity contribution in [1.82, 2.24) is 9.80 Å². The second kappa shape index (κ2) is 5.40. The van der Waals surface area contributed by atoms with Crippen LogP contribution >= 0.6 is 0 Å². The Kier molecular flexibility index (Phi) is 3.87. The molecule has 0 saturated heterocycles. The lowest BCUT2D eigenvalue weighted by atomic mass is 10.2. The van der Waals surface area contributed by atoms with Crippen LogP contribution < -0.4 is 5.73 Å². The molecule has 0 unspecified atom stereocenters. The highest BCUT2D eigenvalue weighted by Gasteiger charge is 2.30. The molecular weight excluding hydrogens is 226 g/mol. The summed E-state index contributed by atoms with van der Waals surface area (Å²) in [6.07, 6.45) is 2.39. The summed E-state index contributed by atoms with van der Waals surface area (Å²) in [7, 11) is 3.60. The van der Waals surface area contributed by atoms with Crippen LogP contribution in [0, 0.1) is 0 Å². The molecule has 0 atom stereocenters. The third-order valence-electron chi connectivity index (χ3n) is 3.24. The Morgan fingerprint density at radius 1 is 1.39 bits per heavy atom. The van der Waals surface area contributed by atoms with Gasteiger partial charge in [0, 0.05) is 32.4 Å². The minimum absolute atomic E-state index is 0.158.